The van der Waals surface area contributed by atoms with Gasteiger partial charge in [-0.2, -0.15) is 0 Å². The maximum absolute atomic E-state index is 12.9. The average Bonchev–Trinajstić information content (AvgIpc) is 2.57. The lowest BCUT2D eigenvalue weighted by Crippen LogP contribution is -2.33. The Kier molecular flexibility index (Phi) is 5.02. The Bertz CT molecular complexity index is 784. The van der Waals surface area contributed by atoms with Crippen molar-refractivity contribution in [2.24, 2.45) is 0 Å². The van der Waals surface area contributed by atoms with Crippen LogP contribution in [0.5, 0.6) is 5.75 Å². The smallest absolute Gasteiger partial charge is 0.232 e. The summed E-state index contributed by atoms with van der Waals surface area (Å²) in [7, 11) is 0. The second-order valence-corrected chi connectivity index (χ2v) is 6.40. The van der Waals surface area contributed by atoms with Crippen molar-refractivity contribution < 1.29 is 14.3 Å². The number of Topliss-reactive ketones (excluding diaryl/α,β-unsaturated/α-hetero) is 1. The third-order valence-electron chi connectivity index (χ3n) is 3.69. The van der Waals surface area contributed by atoms with Crippen LogP contribution in [0.1, 0.15) is 22.8 Å². The Morgan fingerprint density at radius 2 is 2.00 bits per heavy atom. The standard InChI is InChI=1S/C19H18BrNO3/c1-3-23-19-16(11-21-14-7-5-13(20)6-8-14)18(22)15-10-12(2)4-9-17(15)24-19/h4-11,19,21H,3H2,1-2H3. The number of halogens is 1. The number of anilines is 1. The molecule has 0 fully saturated rings. The highest BCUT2D eigenvalue weighted by Gasteiger charge is 2.32. The fourth-order valence-corrected chi connectivity index (χ4v) is 2.75. The maximum atomic E-state index is 12.9. The Hall–Kier alpha value is -2.11. The van der Waals surface area contributed by atoms with Crippen molar-refractivity contribution in [1.29, 1.82) is 0 Å². The quantitative estimate of drug-likeness (QED) is 0.772. The van der Waals surface area contributed by atoms with Gasteiger partial charge in [-0.1, -0.05) is 27.6 Å². The molecular weight excluding hydrogens is 370 g/mol. The van der Waals surface area contributed by atoms with Crippen molar-refractivity contribution in [1.82, 2.24) is 0 Å². The van der Waals surface area contributed by atoms with Crippen LogP contribution < -0.4 is 10.1 Å². The second kappa shape index (κ2) is 7.20. The molecule has 5 heteroatoms. The van der Waals surface area contributed by atoms with Gasteiger partial charge in [0.15, 0.2) is 5.78 Å². The largest absolute Gasteiger partial charge is 0.460 e. The van der Waals surface area contributed by atoms with Gasteiger partial charge in [-0.25, -0.2) is 0 Å². The fraction of sp³-hybridized carbons (Fsp3) is 0.211. The third-order valence-corrected chi connectivity index (χ3v) is 4.22. The summed E-state index contributed by atoms with van der Waals surface area (Å²) in [5, 5.41) is 3.14. The van der Waals surface area contributed by atoms with E-state index in [0.717, 1.165) is 15.7 Å². The zero-order valence-electron chi connectivity index (χ0n) is 13.5. The van der Waals surface area contributed by atoms with E-state index in [1.807, 2.05) is 56.3 Å². The first-order chi connectivity index (χ1) is 11.6. The molecule has 1 heterocycles. The molecule has 1 aliphatic heterocycles. The van der Waals surface area contributed by atoms with Gasteiger partial charge >= 0.3 is 0 Å². The molecule has 2 aromatic carbocycles. The van der Waals surface area contributed by atoms with Crippen molar-refractivity contribution in [3.05, 3.63) is 69.8 Å². The number of rotatable bonds is 4. The molecule has 1 atom stereocenters. The van der Waals surface area contributed by atoms with Gasteiger partial charge in [0, 0.05) is 23.0 Å². The number of fused-ring (bicyclic) bond motifs is 1. The molecule has 124 valence electrons. The van der Waals surface area contributed by atoms with Crippen LogP contribution in [0.15, 0.2) is 58.7 Å². The van der Waals surface area contributed by atoms with E-state index in [1.54, 1.807) is 6.20 Å². The summed E-state index contributed by atoms with van der Waals surface area (Å²) >= 11 is 3.40. The summed E-state index contributed by atoms with van der Waals surface area (Å²) in [5.74, 6) is 0.479. The highest BCUT2D eigenvalue weighted by atomic mass is 79.9. The second-order valence-electron chi connectivity index (χ2n) is 5.48. The summed E-state index contributed by atoms with van der Waals surface area (Å²) < 4.78 is 12.5. The number of hydrogen-bond donors (Lipinski definition) is 1. The number of ether oxygens (including phenoxy) is 2. The number of aryl methyl sites for hydroxylation is 1. The van der Waals surface area contributed by atoms with Crippen molar-refractivity contribution in [3.8, 4) is 5.75 Å². The van der Waals surface area contributed by atoms with Gasteiger partial charge in [0.25, 0.3) is 0 Å². The molecule has 0 saturated carbocycles. The number of nitrogens with one attached hydrogen (secondary N) is 1. The first kappa shape index (κ1) is 16.7. The number of carbonyl (C=O) groups excluding carboxylic acids is 1. The average molecular weight is 388 g/mol. The van der Waals surface area contributed by atoms with E-state index in [1.165, 1.54) is 0 Å². The molecule has 0 aliphatic carbocycles. The van der Waals surface area contributed by atoms with E-state index in [2.05, 4.69) is 21.2 Å². The van der Waals surface area contributed by atoms with Crippen LogP contribution in [-0.2, 0) is 4.74 Å². The Morgan fingerprint density at radius 1 is 1.25 bits per heavy atom. The molecule has 0 radical (unpaired) electrons. The molecule has 0 spiro atoms. The van der Waals surface area contributed by atoms with Crippen LogP contribution in [-0.4, -0.2) is 18.7 Å². The highest BCUT2D eigenvalue weighted by Crippen LogP contribution is 2.32. The summed E-state index contributed by atoms with van der Waals surface area (Å²) in [5.41, 5.74) is 2.91. The molecule has 0 amide bonds. The lowest BCUT2D eigenvalue weighted by Gasteiger charge is -2.27. The van der Waals surface area contributed by atoms with Crippen molar-refractivity contribution >= 4 is 27.4 Å². The van der Waals surface area contributed by atoms with Crippen LogP contribution >= 0.6 is 15.9 Å². The van der Waals surface area contributed by atoms with Crippen molar-refractivity contribution in [3.63, 3.8) is 0 Å². The van der Waals surface area contributed by atoms with E-state index in [9.17, 15) is 4.79 Å². The van der Waals surface area contributed by atoms with Crippen LogP contribution in [0.3, 0.4) is 0 Å². The topological polar surface area (TPSA) is 47.6 Å². The molecule has 4 nitrogen and oxygen atoms in total. The number of benzene rings is 2. The Labute approximate surface area is 149 Å². The van der Waals surface area contributed by atoms with Gasteiger partial charge < -0.3 is 14.8 Å². The van der Waals surface area contributed by atoms with E-state index in [0.29, 0.717) is 23.5 Å². The highest BCUT2D eigenvalue weighted by molar-refractivity contribution is 9.10. The molecule has 0 bridgehead atoms. The molecule has 0 saturated heterocycles. The number of ketones is 1. The van der Waals surface area contributed by atoms with Crippen molar-refractivity contribution in [2.45, 2.75) is 20.1 Å². The molecule has 24 heavy (non-hydrogen) atoms. The van der Waals surface area contributed by atoms with E-state index >= 15 is 0 Å². The molecule has 0 aromatic heterocycles. The lowest BCUT2D eigenvalue weighted by atomic mass is 9.98. The Balaban J connectivity index is 1.92. The third kappa shape index (κ3) is 3.52. The van der Waals surface area contributed by atoms with Gasteiger partial charge in [-0.15, -0.1) is 0 Å². The predicted molar refractivity (Wildman–Crippen MR) is 97.4 cm³/mol. The predicted octanol–water partition coefficient (Wildman–Crippen LogP) is 4.69. The molecule has 1 N–H and O–H groups in total. The zero-order valence-corrected chi connectivity index (χ0v) is 15.1. The first-order valence-electron chi connectivity index (χ1n) is 7.74. The molecule has 1 aliphatic rings. The summed E-state index contributed by atoms with van der Waals surface area (Å²) in [6.45, 7) is 4.28. The van der Waals surface area contributed by atoms with E-state index < -0.39 is 6.29 Å². The normalized spacial score (nSPS) is 18.2. The van der Waals surface area contributed by atoms with Crippen LogP contribution in [0.25, 0.3) is 0 Å². The molecule has 1 unspecified atom stereocenters. The minimum absolute atomic E-state index is 0.0805. The molecular formula is C19H18BrNO3. The van der Waals surface area contributed by atoms with Crippen LogP contribution in [0.4, 0.5) is 5.69 Å². The van der Waals surface area contributed by atoms with E-state index in [4.69, 9.17) is 9.47 Å². The molecule has 3 rings (SSSR count). The van der Waals surface area contributed by atoms with Gasteiger partial charge in [-0.05, 0) is 50.2 Å². The van der Waals surface area contributed by atoms with Crippen LogP contribution in [0.2, 0.25) is 0 Å². The number of carbonyl (C=O) groups is 1. The van der Waals surface area contributed by atoms with Gasteiger partial charge in [0.05, 0.1) is 11.1 Å². The fourth-order valence-electron chi connectivity index (χ4n) is 2.48. The maximum Gasteiger partial charge on any atom is 0.232 e. The minimum atomic E-state index is -0.708. The summed E-state index contributed by atoms with van der Waals surface area (Å²) in [6, 6.07) is 13.3. The van der Waals surface area contributed by atoms with E-state index in [-0.39, 0.29) is 5.78 Å². The minimum Gasteiger partial charge on any atom is -0.460 e. The lowest BCUT2D eigenvalue weighted by molar-refractivity contribution is -0.0509. The van der Waals surface area contributed by atoms with Gasteiger partial charge in [-0.3, -0.25) is 4.79 Å². The van der Waals surface area contributed by atoms with Crippen LogP contribution in [0, 0.1) is 6.92 Å². The summed E-state index contributed by atoms with van der Waals surface area (Å²) in [6.07, 6.45) is 0.956. The zero-order chi connectivity index (χ0) is 17.1. The SMILES string of the molecule is CCOC1Oc2ccc(C)cc2C(=O)C1=CNc1ccc(Br)cc1. The first-order valence-corrected chi connectivity index (χ1v) is 8.53. The summed E-state index contributed by atoms with van der Waals surface area (Å²) in [4.78, 5) is 12.9. The van der Waals surface area contributed by atoms with Crippen molar-refractivity contribution in [2.75, 3.05) is 11.9 Å². The monoisotopic (exact) mass is 387 g/mol. The Morgan fingerprint density at radius 3 is 2.71 bits per heavy atom. The molecule has 2 aromatic rings. The van der Waals surface area contributed by atoms with Gasteiger partial charge in [0.2, 0.25) is 6.29 Å². The number of hydrogen-bond acceptors (Lipinski definition) is 4. The van der Waals surface area contributed by atoms with Gasteiger partial charge in [0.1, 0.15) is 5.75 Å².